The van der Waals surface area contributed by atoms with E-state index in [4.69, 9.17) is 4.74 Å². The summed E-state index contributed by atoms with van der Waals surface area (Å²) in [5.74, 6) is -1.14. The molecule has 174 valence electrons. The minimum atomic E-state index is -3.28. The van der Waals surface area contributed by atoms with Gasteiger partial charge < -0.3 is 10.1 Å². The molecule has 1 N–H and O–H groups in total. The Morgan fingerprint density at radius 2 is 1.61 bits per heavy atom. The van der Waals surface area contributed by atoms with Crippen molar-refractivity contribution in [1.82, 2.24) is 0 Å². The third-order valence-corrected chi connectivity index (χ3v) is 6.87. The zero-order valence-electron chi connectivity index (χ0n) is 18.6. The second kappa shape index (κ2) is 9.70. The van der Waals surface area contributed by atoms with Gasteiger partial charge in [-0.15, -0.1) is 0 Å². The largest absolute Gasteiger partial charge is 0.483 e. The van der Waals surface area contributed by atoms with E-state index in [-0.39, 0.29) is 28.5 Å². The Morgan fingerprint density at radius 1 is 0.970 bits per heavy atom. The average molecular weight is 474 g/mol. The van der Waals surface area contributed by atoms with Crippen LogP contribution in [-0.4, -0.2) is 20.1 Å². The van der Waals surface area contributed by atoms with E-state index < -0.39 is 27.1 Å². The number of nitrogens with one attached hydrogen (secondary N) is 1. The predicted octanol–water partition coefficient (Wildman–Crippen LogP) is 5.25. The molecule has 33 heavy (non-hydrogen) atoms. The minimum absolute atomic E-state index is 0.0164. The molecule has 0 spiro atoms. The Labute approximate surface area is 192 Å². The van der Waals surface area contributed by atoms with E-state index in [1.807, 2.05) is 0 Å². The zero-order valence-corrected chi connectivity index (χ0v) is 19.4. The molecule has 3 rings (SSSR count). The first-order valence-corrected chi connectivity index (χ1v) is 12.0. The molecule has 1 amide bonds. The van der Waals surface area contributed by atoms with Gasteiger partial charge in [-0.2, -0.15) is 0 Å². The van der Waals surface area contributed by atoms with Crippen molar-refractivity contribution in [3.05, 3.63) is 89.5 Å². The van der Waals surface area contributed by atoms with E-state index >= 15 is 0 Å². The number of rotatable bonds is 8. The Morgan fingerprint density at radius 3 is 2.18 bits per heavy atom. The molecule has 5 nitrogen and oxygen atoms in total. The average Bonchev–Trinajstić information content (AvgIpc) is 2.75. The lowest BCUT2D eigenvalue weighted by Crippen LogP contribution is -2.26. The van der Waals surface area contributed by atoms with Gasteiger partial charge in [0.1, 0.15) is 23.0 Å². The second-order valence-corrected chi connectivity index (χ2v) is 10.3. The van der Waals surface area contributed by atoms with E-state index in [1.165, 1.54) is 24.3 Å². The maximum Gasteiger partial charge on any atom is 0.228 e. The van der Waals surface area contributed by atoms with Crippen LogP contribution in [0.15, 0.2) is 71.6 Å². The Kier molecular flexibility index (Phi) is 7.17. The summed E-state index contributed by atoms with van der Waals surface area (Å²) in [6.45, 7) is 4.93. The Bertz CT molecular complexity index is 1240. The van der Waals surface area contributed by atoms with Crippen molar-refractivity contribution in [2.75, 3.05) is 11.1 Å². The highest BCUT2D eigenvalue weighted by Crippen LogP contribution is 2.30. The number of hydrogen-bond acceptors (Lipinski definition) is 4. The molecule has 0 heterocycles. The molecule has 0 aromatic heterocycles. The molecule has 0 fully saturated rings. The number of amides is 1. The second-order valence-electron chi connectivity index (χ2n) is 8.03. The van der Waals surface area contributed by atoms with Crippen LogP contribution in [-0.2, 0) is 26.7 Å². The van der Waals surface area contributed by atoms with E-state index in [2.05, 4.69) is 5.32 Å². The molecule has 0 aliphatic heterocycles. The van der Waals surface area contributed by atoms with Crippen LogP contribution < -0.4 is 10.1 Å². The lowest BCUT2D eigenvalue weighted by molar-refractivity contribution is -0.115. The van der Waals surface area contributed by atoms with Crippen molar-refractivity contribution in [2.24, 2.45) is 0 Å². The highest BCUT2D eigenvalue weighted by molar-refractivity contribution is 7.91. The van der Waals surface area contributed by atoms with Gasteiger partial charge >= 0.3 is 0 Å². The van der Waals surface area contributed by atoms with Gasteiger partial charge in [0.2, 0.25) is 5.91 Å². The zero-order chi connectivity index (χ0) is 24.2. The van der Waals surface area contributed by atoms with Gasteiger partial charge in [-0.25, -0.2) is 17.2 Å². The fourth-order valence-corrected chi connectivity index (χ4v) is 4.19. The van der Waals surface area contributed by atoms with Gasteiger partial charge in [0.05, 0.1) is 17.1 Å². The van der Waals surface area contributed by atoms with Crippen LogP contribution in [0.1, 0.15) is 31.9 Å². The number of anilines is 1. The fourth-order valence-electron chi connectivity index (χ4n) is 3.31. The summed E-state index contributed by atoms with van der Waals surface area (Å²) in [6.07, 6.45) is 0.0849. The summed E-state index contributed by atoms with van der Waals surface area (Å²) in [6, 6.07) is 16.2. The molecule has 0 saturated carbocycles. The van der Waals surface area contributed by atoms with E-state index in [9.17, 15) is 22.0 Å². The molecule has 0 unspecified atom stereocenters. The van der Waals surface area contributed by atoms with E-state index in [0.717, 1.165) is 6.07 Å². The first-order chi connectivity index (χ1) is 15.5. The van der Waals surface area contributed by atoms with Crippen LogP contribution in [0.5, 0.6) is 5.75 Å². The minimum Gasteiger partial charge on any atom is -0.483 e. The Hall–Kier alpha value is -3.26. The number of halogens is 2. The Balaban J connectivity index is 1.61. The van der Waals surface area contributed by atoms with Crippen molar-refractivity contribution < 1.29 is 26.7 Å². The maximum absolute atomic E-state index is 14.1. The summed E-state index contributed by atoms with van der Waals surface area (Å²) >= 11 is 0. The highest BCUT2D eigenvalue weighted by Gasteiger charge is 2.26. The molecule has 8 heteroatoms. The number of carbonyl (C=O) groups excluding carboxylic acids is 1. The van der Waals surface area contributed by atoms with Crippen LogP contribution in [0.3, 0.4) is 0 Å². The number of sulfone groups is 1. The topological polar surface area (TPSA) is 72.5 Å². The molecule has 3 aromatic carbocycles. The van der Waals surface area contributed by atoms with Gasteiger partial charge in [-0.05, 0) is 67.9 Å². The molecule has 0 bridgehead atoms. The van der Waals surface area contributed by atoms with Crippen LogP contribution >= 0.6 is 0 Å². The number of hydrogen-bond donors (Lipinski definition) is 1. The summed E-state index contributed by atoms with van der Waals surface area (Å²) in [4.78, 5) is 12.6. The molecule has 0 aliphatic rings. The summed E-state index contributed by atoms with van der Waals surface area (Å²) in [5, 5.41) is 2.77. The quantitative estimate of drug-likeness (QED) is 0.485. The number of carbonyl (C=O) groups is 1. The predicted molar refractivity (Wildman–Crippen MR) is 123 cm³/mol. The SMILES string of the molecule is CCS(=O)(=O)c1ccc(CC(=O)Nc2ccc(OC(C)(C)c3ccc(F)cc3F)cc2)cc1. The maximum atomic E-state index is 14.1. The molecular formula is C25H25F2NO4S. The summed E-state index contributed by atoms with van der Waals surface area (Å²) < 4.78 is 57.0. The van der Waals surface area contributed by atoms with Crippen molar-refractivity contribution in [3.8, 4) is 5.75 Å². The standard InChI is InChI=1S/C25H25F2NO4S/c1-4-33(30,31)21-12-5-17(6-13-21)15-24(29)28-19-8-10-20(11-9-19)32-25(2,3)22-14-7-18(26)16-23(22)27/h5-14,16H,4,15H2,1-3H3,(H,28,29). The monoisotopic (exact) mass is 473 g/mol. The third kappa shape index (κ3) is 6.16. The van der Waals surface area contributed by atoms with Crippen LogP contribution in [0, 0.1) is 11.6 Å². The molecule has 0 aliphatic carbocycles. The van der Waals surface area contributed by atoms with Crippen molar-refractivity contribution >= 4 is 21.4 Å². The molecular weight excluding hydrogens is 448 g/mol. The normalized spacial score (nSPS) is 11.8. The van der Waals surface area contributed by atoms with Gasteiger partial charge in [0.25, 0.3) is 0 Å². The van der Waals surface area contributed by atoms with Gasteiger partial charge in [0.15, 0.2) is 9.84 Å². The molecule has 0 atom stereocenters. The van der Waals surface area contributed by atoms with Crippen molar-refractivity contribution in [3.63, 3.8) is 0 Å². The third-order valence-electron chi connectivity index (χ3n) is 5.12. The van der Waals surface area contributed by atoms with Crippen LogP contribution in [0.25, 0.3) is 0 Å². The van der Waals surface area contributed by atoms with Crippen molar-refractivity contribution in [1.29, 1.82) is 0 Å². The molecule has 0 radical (unpaired) electrons. The summed E-state index contributed by atoms with van der Waals surface area (Å²) in [7, 11) is -3.28. The first-order valence-electron chi connectivity index (χ1n) is 10.4. The van der Waals surface area contributed by atoms with Gasteiger partial charge in [0, 0.05) is 17.3 Å². The van der Waals surface area contributed by atoms with E-state index in [0.29, 0.717) is 17.0 Å². The fraction of sp³-hybridized carbons (Fsp3) is 0.240. The lowest BCUT2D eigenvalue weighted by atomic mass is 9.97. The number of benzene rings is 3. The smallest absolute Gasteiger partial charge is 0.228 e. The van der Waals surface area contributed by atoms with E-state index in [1.54, 1.807) is 57.2 Å². The summed E-state index contributed by atoms with van der Waals surface area (Å²) in [5.41, 5.74) is 0.410. The highest BCUT2D eigenvalue weighted by atomic mass is 32.2. The van der Waals surface area contributed by atoms with Gasteiger partial charge in [-0.3, -0.25) is 4.79 Å². The first kappa shape index (κ1) is 24.4. The molecule has 0 saturated heterocycles. The van der Waals surface area contributed by atoms with Crippen LogP contribution in [0.4, 0.5) is 14.5 Å². The lowest BCUT2D eigenvalue weighted by Gasteiger charge is -2.27. The molecule has 3 aromatic rings. The number of ether oxygens (including phenoxy) is 1. The van der Waals surface area contributed by atoms with Gasteiger partial charge in [-0.1, -0.05) is 19.1 Å². The van der Waals surface area contributed by atoms with Crippen molar-refractivity contribution in [2.45, 2.75) is 37.7 Å². The van der Waals surface area contributed by atoms with Crippen LogP contribution in [0.2, 0.25) is 0 Å².